The lowest BCUT2D eigenvalue weighted by atomic mass is 10.1. The molecule has 1 amide bonds. The van der Waals surface area contributed by atoms with Crippen molar-refractivity contribution in [2.24, 2.45) is 0 Å². The van der Waals surface area contributed by atoms with Crippen LogP contribution in [0, 0.1) is 9.39 Å². The zero-order valence-electron chi connectivity index (χ0n) is 12.4. The molecule has 1 heterocycles. The van der Waals surface area contributed by atoms with Crippen LogP contribution >= 0.6 is 34.4 Å². The van der Waals surface area contributed by atoms with Gasteiger partial charge in [-0.15, -0.1) is 11.8 Å². The van der Waals surface area contributed by atoms with Gasteiger partial charge in [0.2, 0.25) is 5.91 Å². The van der Waals surface area contributed by atoms with Crippen LogP contribution in [0.25, 0.3) is 0 Å². The number of benzene rings is 2. The Kier molecular flexibility index (Phi) is 5.09. The summed E-state index contributed by atoms with van der Waals surface area (Å²) in [5.74, 6) is -1.71. The summed E-state index contributed by atoms with van der Waals surface area (Å²) in [5, 5.41) is 8.33. The van der Waals surface area contributed by atoms with Gasteiger partial charge in [-0.3, -0.25) is 9.59 Å². The quantitative estimate of drug-likeness (QED) is 0.708. The topological polar surface area (TPSA) is 57.6 Å². The third-order valence-corrected chi connectivity index (χ3v) is 5.59. The van der Waals surface area contributed by atoms with Crippen LogP contribution in [-0.4, -0.2) is 22.2 Å². The van der Waals surface area contributed by atoms with Crippen molar-refractivity contribution in [3.8, 4) is 0 Å². The first-order valence-corrected chi connectivity index (χ1v) is 9.14. The molecule has 0 aromatic heterocycles. The van der Waals surface area contributed by atoms with E-state index < -0.39 is 11.2 Å². The number of amides is 1. The van der Waals surface area contributed by atoms with E-state index in [0.717, 1.165) is 8.47 Å². The van der Waals surface area contributed by atoms with E-state index in [4.69, 9.17) is 5.11 Å². The molecule has 7 heteroatoms. The van der Waals surface area contributed by atoms with E-state index in [9.17, 15) is 14.0 Å². The SMILES string of the molecule is O=C(O)CC1Sc2ccccc2N(Cc2ccc(I)cc2F)C1=O. The lowest BCUT2D eigenvalue weighted by Gasteiger charge is -2.33. The molecule has 0 radical (unpaired) electrons. The zero-order chi connectivity index (χ0) is 17.3. The number of rotatable bonds is 4. The minimum atomic E-state index is -1.03. The van der Waals surface area contributed by atoms with E-state index >= 15 is 0 Å². The normalized spacial score (nSPS) is 16.8. The largest absolute Gasteiger partial charge is 0.481 e. The number of aliphatic carboxylic acids is 1. The molecule has 2 aromatic carbocycles. The third kappa shape index (κ3) is 3.56. The Morgan fingerprint density at radius 2 is 2.04 bits per heavy atom. The predicted molar refractivity (Wildman–Crippen MR) is 98.6 cm³/mol. The average Bonchev–Trinajstić information content (AvgIpc) is 2.53. The standard InChI is InChI=1S/C17H13FINO3S/c18-12-7-11(19)6-5-10(12)9-20-13-3-1-2-4-14(13)24-15(17(20)23)8-16(21)22/h1-7,15H,8-9H2,(H,21,22). The highest BCUT2D eigenvalue weighted by Crippen LogP contribution is 2.41. The Labute approximate surface area is 156 Å². The molecule has 24 heavy (non-hydrogen) atoms. The molecular weight excluding hydrogens is 444 g/mol. The zero-order valence-corrected chi connectivity index (χ0v) is 15.4. The van der Waals surface area contributed by atoms with Crippen molar-refractivity contribution in [2.45, 2.75) is 23.1 Å². The van der Waals surface area contributed by atoms with Crippen LogP contribution in [0.5, 0.6) is 0 Å². The maximum Gasteiger partial charge on any atom is 0.305 e. The maximum absolute atomic E-state index is 14.2. The Morgan fingerprint density at radius 1 is 1.29 bits per heavy atom. The number of para-hydroxylation sites is 1. The van der Waals surface area contributed by atoms with Gasteiger partial charge in [0, 0.05) is 14.0 Å². The van der Waals surface area contributed by atoms with E-state index in [1.165, 1.54) is 22.7 Å². The summed E-state index contributed by atoms with van der Waals surface area (Å²) in [5.41, 5.74) is 1.09. The number of anilines is 1. The second-order valence-corrected chi connectivity index (χ2v) is 7.82. The van der Waals surface area contributed by atoms with Gasteiger partial charge in [0.25, 0.3) is 0 Å². The molecule has 0 aliphatic carbocycles. The molecule has 1 unspecified atom stereocenters. The fourth-order valence-electron chi connectivity index (χ4n) is 2.55. The van der Waals surface area contributed by atoms with Crippen LogP contribution < -0.4 is 4.90 Å². The summed E-state index contributed by atoms with van der Waals surface area (Å²) in [6, 6.07) is 12.1. The van der Waals surface area contributed by atoms with Crippen molar-refractivity contribution in [1.82, 2.24) is 0 Å². The highest BCUT2D eigenvalue weighted by Gasteiger charge is 2.35. The van der Waals surface area contributed by atoms with E-state index in [-0.39, 0.29) is 24.7 Å². The molecule has 124 valence electrons. The number of halogens is 2. The summed E-state index contributed by atoms with van der Waals surface area (Å²) < 4.78 is 15.0. The Morgan fingerprint density at radius 3 is 2.75 bits per heavy atom. The fourth-order valence-corrected chi connectivity index (χ4v) is 4.22. The number of nitrogens with zero attached hydrogens (tertiary/aromatic N) is 1. The van der Waals surface area contributed by atoms with Crippen molar-refractivity contribution in [2.75, 3.05) is 4.90 Å². The number of carboxylic acids is 1. The number of carbonyl (C=O) groups is 2. The lowest BCUT2D eigenvalue weighted by Crippen LogP contribution is -2.41. The van der Waals surface area contributed by atoms with Gasteiger partial charge in [0.15, 0.2) is 0 Å². The predicted octanol–water partition coefficient (Wildman–Crippen LogP) is 3.91. The lowest BCUT2D eigenvalue weighted by molar-refractivity contribution is -0.138. The number of thioether (sulfide) groups is 1. The van der Waals surface area contributed by atoms with E-state index in [0.29, 0.717) is 11.3 Å². The second kappa shape index (κ2) is 7.10. The van der Waals surface area contributed by atoms with Crippen LogP contribution in [0.3, 0.4) is 0 Å². The molecule has 0 saturated heterocycles. The van der Waals surface area contributed by atoms with Gasteiger partial charge in [-0.1, -0.05) is 18.2 Å². The van der Waals surface area contributed by atoms with Gasteiger partial charge in [-0.25, -0.2) is 4.39 Å². The van der Waals surface area contributed by atoms with E-state index in [2.05, 4.69) is 0 Å². The van der Waals surface area contributed by atoms with Gasteiger partial charge < -0.3 is 10.0 Å². The molecule has 2 aromatic rings. The molecule has 3 rings (SSSR count). The van der Waals surface area contributed by atoms with Crippen molar-refractivity contribution in [1.29, 1.82) is 0 Å². The van der Waals surface area contributed by atoms with E-state index in [1.807, 2.05) is 40.8 Å². The number of fused-ring (bicyclic) bond motifs is 1. The highest BCUT2D eigenvalue weighted by atomic mass is 127. The Hall–Kier alpha value is -1.61. The molecular formula is C17H13FINO3S. The minimum absolute atomic E-state index is 0.0786. The smallest absolute Gasteiger partial charge is 0.305 e. The average molecular weight is 457 g/mol. The molecule has 1 aliphatic rings. The molecule has 1 N–H and O–H groups in total. The Bertz CT molecular complexity index is 814. The first kappa shape index (κ1) is 17.2. The number of hydrogen-bond acceptors (Lipinski definition) is 3. The van der Waals surface area contributed by atoms with Crippen molar-refractivity contribution >= 4 is 51.9 Å². The van der Waals surface area contributed by atoms with Crippen LogP contribution in [0.2, 0.25) is 0 Å². The first-order chi connectivity index (χ1) is 11.5. The van der Waals surface area contributed by atoms with Crippen LogP contribution in [0.1, 0.15) is 12.0 Å². The fraction of sp³-hybridized carbons (Fsp3) is 0.176. The van der Waals surface area contributed by atoms with Crippen molar-refractivity contribution in [3.05, 3.63) is 57.4 Å². The summed E-state index contributed by atoms with van der Waals surface area (Å²) in [6.07, 6.45) is -0.260. The summed E-state index contributed by atoms with van der Waals surface area (Å²) in [7, 11) is 0. The number of hydrogen-bond donors (Lipinski definition) is 1. The summed E-state index contributed by atoms with van der Waals surface area (Å²) >= 11 is 3.27. The molecule has 0 saturated carbocycles. The van der Waals surface area contributed by atoms with Gasteiger partial charge >= 0.3 is 5.97 Å². The van der Waals surface area contributed by atoms with Crippen molar-refractivity contribution < 1.29 is 19.1 Å². The molecule has 1 aliphatic heterocycles. The van der Waals surface area contributed by atoms with Gasteiger partial charge in [-0.2, -0.15) is 0 Å². The third-order valence-electron chi connectivity index (χ3n) is 3.67. The van der Waals surface area contributed by atoms with E-state index in [1.54, 1.807) is 18.2 Å². The number of carboxylic acid groups (broad SMARTS) is 1. The summed E-state index contributed by atoms with van der Waals surface area (Å²) in [4.78, 5) is 26.1. The maximum atomic E-state index is 14.2. The van der Waals surface area contributed by atoms with Crippen LogP contribution in [0.4, 0.5) is 10.1 Å². The molecule has 1 atom stereocenters. The highest BCUT2D eigenvalue weighted by molar-refractivity contribution is 14.1. The number of carbonyl (C=O) groups excluding carboxylic acids is 1. The van der Waals surface area contributed by atoms with Crippen LogP contribution in [-0.2, 0) is 16.1 Å². The van der Waals surface area contributed by atoms with Crippen LogP contribution in [0.15, 0.2) is 47.4 Å². The molecule has 0 spiro atoms. The summed E-state index contributed by atoms with van der Waals surface area (Å²) in [6.45, 7) is 0.0786. The molecule has 0 bridgehead atoms. The second-order valence-electron chi connectivity index (χ2n) is 5.33. The van der Waals surface area contributed by atoms with Gasteiger partial charge in [-0.05, 0) is 46.9 Å². The first-order valence-electron chi connectivity index (χ1n) is 7.18. The minimum Gasteiger partial charge on any atom is -0.481 e. The van der Waals surface area contributed by atoms with Gasteiger partial charge in [0.1, 0.15) is 5.82 Å². The monoisotopic (exact) mass is 457 g/mol. The Balaban J connectivity index is 1.97. The van der Waals surface area contributed by atoms with Gasteiger partial charge in [0.05, 0.1) is 23.9 Å². The molecule has 4 nitrogen and oxygen atoms in total. The van der Waals surface area contributed by atoms with Crippen molar-refractivity contribution in [3.63, 3.8) is 0 Å². The molecule has 0 fully saturated rings.